The molecule has 2 nitrogen and oxygen atoms in total. The van der Waals surface area contributed by atoms with Crippen LogP contribution in [0.1, 0.15) is 48.6 Å². The molecule has 1 heterocycles. The zero-order chi connectivity index (χ0) is 14.0. The molecule has 0 fully saturated rings. The monoisotopic (exact) mass is 275 g/mol. The molecule has 0 aliphatic carbocycles. The maximum atomic E-state index is 10.2. The van der Waals surface area contributed by atoms with Gasteiger partial charge in [-0.2, -0.15) is 0 Å². The molecule has 1 unspecified atom stereocenters. The van der Waals surface area contributed by atoms with E-state index in [-0.39, 0.29) is 5.41 Å². The van der Waals surface area contributed by atoms with Gasteiger partial charge in [-0.05, 0) is 23.5 Å². The predicted octanol–water partition coefficient (Wildman–Crippen LogP) is 4.03. The minimum atomic E-state index is -0.451. The fraction of sp³-hybridized carbons (Fsp3) is 0.438. The number of rotatable bonds is 3. The highest BCUT2D eigenvalue weighted by Crippen LogP contribution is 2.26. The second-order valence-corrected chi connectivity index (χ2v) is 6.86. The number of benzene rings is 1. The lowest BCUT2D eigenvalue weighted by Crippen LogP contribution is -2.11. The summed E-state index contributed by atoms with van der Waals surface area (Å²) in [4.78, 5) is 5.16. The van der Waals surface area contributed by atoms with Crippen molar-refractivity contribution in [3.63, 3.8) is 0 Å². The van der Waals surface area contributed by atoms with Gasteiger partial charge in [0.25, 0.3) is 0 Å². The second kappa shape index (κ2) is 5.43. The summed E-state index contributed by atoms with van der Waals surface area (Å²) in [6.45, 7) is 8.56. The summed E-state index contributed by atoms with van der Waals surface area (Å²) >= 11 is 1.52. The first-order chi connectivity index (χ1) is 8.88. The van der Waals surface area contributed by atoms with Crippen molar-refractivity contribution in [1.82, 2.24) is 4.98 Å². The standard InChI is InChI=1S/C16H21NOS/c1-11-15(19-10-17-11)14(18)9-12-5-7-13(8-6-12)16(2,3)4/h5-8,10,14,18H,9H2,1-4H3. The molecule has 1 aromatic carbocycles. The summed E-state index contributed by atoms with van der Waals surface area (Å²) in [7, 11) is 0. The highest BCUT2D eigenvalue weighted by Gasteiger charge is 2.15. The van der Waals surface area contributed by atoms with Crippen molar-refractivity contribution in [1.29, 1.82) is 0 Å². The third-order valence-electron chi connectivity index (χ3n) is 3.33. The molecule has 1 N–H and O–H groups in total. The number of hydrogen-bond donors (Lipinski definition) is 1. The summed E-state index contributed by atoms with van der Waals surface area (Å²) in [6.07, 6.45) is 0.195. The van der Waals surface area contributed by atoms with E-state index in [1.165, 1.54) is 16.9 Å². The highest BCUT2D eigenvalue weighted by molar-refractivity contribution is 7.09. The Morgan fingerprint density at radius 3 is 2.32 bits per heavy atom. The number of aryl methyl sites for hydroxylation is 1. The Balaban J connectivity index is 2.10. The average Bonchev–Trinajstić information content (AvgIpc) is 2.75. The molecule has 0 bridgehead atoms. The number of thiazole rings is 1. The van der Waals surface area contributed by atoms with E-state index in [1.54, 1.807) is 5.51 Å². The average molecular weight is 275 g/mol. The van der Waals surface area contributed by atoms with Gasteiger partial charge in [0.15, 0.2) is 0 Å². The van der Waals surface area contributed by atoms with Crippen LogP contribution in [0.3, 0.4) is 0 Å². The Hall–Kier alpha value is -1.19. The van der Waals surface area contributed by atoms with Crippen LogP contribution >= 0.6 is 11.3 Å². The second-order valence-electron chi connectivity index (χ2n) is 5.97. The van der Waals surface area contributed by atoms with E-state index in [9.17, 15) is 5.11 Å². The van der Waals surface area contributed by atoms with Crippen LogP contribution in [0.4, 0.5) is 0 Å². The van der Waals surface area contributed by atoms with Gasteiger partial charge in [0.1, 0.15) is 0 Å². The first-order valence-corrected chi connectivity index (χ1v) is 7.43. The molecule has 1 aromatic heterocycles. The molecule has 0 aliphatic heterocycles. The smallest absolute Gasteiger partial charge is 0.0940 e. The van der Waals surface area contributed by atoms with Crippen LogP contribution in [0, 0.1) is 6.92 Å². The molecule has 2 aromatic rings. The largest absolute Gasteiger partial charge is 0.387 e. The van der Waals surface area contributed by atoms with E-state index in [2.05, 4.69) is 50.0 Å². The van der Waals surface area contributed by atoms with E-state index in [1.807, 2.05) is 6.92 Å². The first-order valence-electron chi connectivity index (χ1n) is 6.55. The maximum absolute atomic E-state index is 10.2. The van der Waals surface area contributed by atoms with Crippen LogP contribution in [0.25, 0.3) is 0 Å². The summed E-state index contributed by atoms with van der Waals surface area (Å²) < 4.78 is 0. The number of aromatic nitrogens is 1. The molecule has 1 atom stereocenters. The molecule has 0 saturated heterocycles. The van der Waals surface area contributed by atoms with Crippen LogP contribution < -0.4 is 0 Å². The fourth-order valence-electron chi connectivity index (χ4n) is 2.09. The Morgan fingerprint density at radius 2 is 1.84 bits per heavy atom. The highest BCUT2D eigenvalue weighted by atomic mass is 32.1. The molecule has 2 rings (SSSR count). The quantitative estimate of drug-likeness (QED) is 0.917. The van der Waals surface area contributed by atoms with Gasteiger partial charge in [-0.25, -0.2) is 4.98 Å². The number of hydrogen-bond acceptors (Lipinski definition) is 3. The topological polar surface area (TPSA) is 33.1 Å². The minimum absolute atomic E-state index is 0.172. The van der Waals surface area contributed by atoms with Crippen molar-refractivity contribution in [2.75, 3.05) is 0 Å². The normalized spacial score (nSPS) is 13.5. The molecule has 3 heteroatoms. The van der Waals surface area contributed by atoms with Gasteiger partial charge in [-0.3, -0.25) is 0 Å². The third kappa shape index (κ3) is 3.43. The molecule has 0 amide bonds. The first kappa shape index (κ1) is 14.2. The molecule has 102 valence electrons. The van der Waals surface area contributed by atoms with Crippen LogP contribution in [-0.2, 0) is 11.8 Å². The zero-order valence-electron chi connectivity index (χ0n) is 12.0. The third-order valence-corrected chi connectivity index (χ3v) is 4.37. The molecule has 0 saturated carbocycles. The van der Waals surface area contributed by atoms with Crippen LogP contribution in [0.15, 0.2) is 29.8 Å². The Labute approximate surface area is 119 Å². The molecular weight excluding hydrogens is 254 g/mol. The fourth-order valence-corrected chi connectivity index (χ4v) is 2.88. The summed E-state index contributed by atoms with van der Waals surface area (Å²) in [5, 5.41) is 10.2. The van der Waals surface area contributed by atoms with Crippen molar-refractivity contribution in [2.45, 2.75) is 45.6 Å². The number of nitrogens with zero attached hydrogens (tertiary/aromatic N) is 1. The molecular formula is C16H21NOS. The van der Waals surface area contributed by atoms with Gasteiger partial charge < -0.3 is 5.11 Å². The van der Waals surface area contributed by atoms with Crippen LogP contribution in [0.2, 0.25) is 0 Å². The van der Waals surface area contributed by atoms with Crippen molar-refractivity contribution in [3.8, 4) is 0 Å². The van der Waals surface area contributed by atoms with Gasteiger partial charge in [0.2, 0.25) is 0 Å². The molecule has 19 heavy (non-hydrogen) atoms. The Kier molecular flexibility index (Phi) is 4.07. The van der Waals surface area contributed by atoms with Crippen molar-refractivity contribution < 1.29 is 5.11 Å². The number of aliphatic hydroxyl groups excluding tert-OH is 1. The lowest BCUT2D eigenvalue weighted by atomic mass is 9.86. The van der Waals surface area contributed by atoms with Gasteiger partial charge >= 0.3 is 0 Å². The van der Waals surface area contributed by atoms with Gasteiger partial charge in [0.05, 0.1) is 22.2 Å². The lowest BCUT2D eigenvalue weighted by molar-refractivity contribution is 0.181. The van der Waals surface area contributed by atoms with E-state index in [4.69, 9.17) is 0 Å². The lowest BCUT2D eigenvalue weighted by Gasteiger charge is -2.19. The van der Waals surface area contributed by atoms with Gasteiger partial charge in [-0.15, -0.1) is 11.3 Å². The summed E-state index contributed by atoms with van der Waals surface area (Å²) in [6, 6.07) is 8.53. The van der Waals surface area contributed by atoms with Crippen LogP contribution in [-0.4, -0.2) is 10.1 Å². The van der Waals surface area contributed by atoms with Crippen molar-refractivity contribution in [2.24, 2.45) is 0 Å². The predicted molar refractivity (Wildman–Crippen MR) is 80.7 cm³/mol. The summed E-state index contributed by atoms with van der Waals surface area (Å²) in [5.41, 5.74) is 5.37. The molecule has 0 radical (unpaired) electrons. The van der Waals surface area contributed by atoms with Gasteiger partial charge in [-0.1, -0.05) is 45.0 Å². The van der Waals surface area contributed by atoms with E-state index >= 15 is 0 Å². The number of aliphatic hydroxyl groups is 1. The van der Waals surface area contributed by atoms with E-state index in [0.717, 1.165) is 16.1 Å². The van der Waals surface area contributed by atoms with E-state index < -0.39 is 6.10 Å². The van der Waals surface area contributed by atoms with Crippen molar-refractivity contribution in [3.05, 3.63) is 51.5 Å². The Bertz CT molecular complexity index is 537. The van der Waals surface area contributed by atoms with Crippen LogP contribution in [0.5, 0.6) is 0 Å². The van der Waals surface area contributed by atoms with E-state index in [0.29, 0.717) is 6.42 Å². The summed E-state index contributed by atoms with van der Waals surface area (Å²) in [5.74, 6) is 0. The molecule has 0 aliphatic rings. The van der Waals surface area contributed by atoms with Gasteiger partial charge in [0, 0.05) is 6.42 Å². The minimum Gasteiger partial charge on any atom is -0.387 e. The maximum Gasteiger partial charge on any atom is 0.0940 e. The van der Waals surface area contributed by atoms with Crippen molar-refractivity contribution >= 4 is 11.3 Å². The zero-order valence-corrected chi connectivity index (χ0v) is 12.8. The Morgan fingerprint density at radius 1 is 1.21 bits per heavy atom. The molecule has 0 spiro atoms. The SMILES string of the molecule is Cc1ncsc1C(O)Cc1ccc(C(C)(C)C)cc1.